The quantitative estimate of drug-likeness (QED) is 0.654. The summed E-state index contributed by atoms with van der Waals surface area (Å²) in [4.78, 5) is 10.4. The summed E-state index contributed by atoms with van der Waals surface area (Å²) in [6.07, 6.45) is 0. The van der Waals surface area contributed by atoms with E-state index < -0.39 is 0 Å². The Hall–Kier alpha value is -1.58. The monoisotopic (exact) mass is 248 g/mol. The predicted molar refractivity (Wildman–Crippen MR) is 72.8 cm³/mol. The van der Waals surface area contributed by atoms with E-state index in [9.17, 15) is 10.1 Å². The standard InChI is InChI=1S/C14H20N2O2/c1-9-8-10(6-7-11(9)16(17)18)15-12-13(2,3)14(12,4)5/h6-8,12,15H,1-5H3. The van der Waals surface area contributed by atoms with Gasteiger partial charge in [0.15, 0.2) is 0 Å². The molecule has 4 heteroatoms. The van der Waals surface area contributed by atoms with Crippen molar-refractivity contribution < 1.29 is 4.92 Å². The third-order valence-corrected chi connectivity index (χ3v) is 4.73. The Morgan fingerprint density at radius 2 is 1.78 bits per heavy atom. The van der Waals surface area contributed by atoms with Crippen molar-refractivity contribution in [3.63, 3.8) is 0 Å². The molecule has 0 radical (unpaired) electrons. The third kappa shape index (κ3) is 1.76. The Labute approximate surface area is 108 Å². The fourth-order valence-corrected chi connectivity index (χ4v) is 2.67. The van der Waals surface area contributed by atoms with Crippen LogP contribution in [0.15, 0.2) is 18.2 Å². The lowest BCUT2D eigenvalue weighted by molar-refractivity contribution is -0.385. The molecule has 1 saturated carbocycles. The van der Waals surface area contributed by atoms with E-state index in [0.717, 1.165) is 5.69 Å². The van der Waals surface area contributed by atoms with E-state index in [1.54, 1.807) is 19.1 Å². The SMILES string of the molecule is Cc1cc(NC2C(C)(C)C2(C)C)ccc1[N+](=O)[O-]. The van der Waals surface area contributed by atoms with Crippen LogP contribution in [0, 0.1) is 27.9 Å². The number of benzene rings is 1. The molecule has 18 heavy (non-hydrogen) atoms. The number of nitrogens with zero attached hydrogens (tertiary/aromatic N) is 1. The first-order chi connectivity index (χ1) is 8.18. The van der Waals surface area contributed by atoms with E-state index >= 15 is 0 Å². The maximum atomic E-state index is 10.8. The normalized spacial score (nSPS) is 20.5. The number of nitro groups is 1. The van der Waals surface area contributed by atoms with Crippen LogP contribution in [0.25, 0.3) is 0 Å². The number of rotatable bonds is 3. The number of aryl methyl sites for hydroxylation is 1. The van der Waals surface area contributed by atoms with Crippen LogP contribution in [0.2, 0.25) is 0 Å². The van der Waals surface area contributed by atoms with Gasteiger partial charge in [0.05, 0.1) is 4.92 Å². The number of nitrogens with one attached hydrogen (secondary N) is 1. The molecule has 1 aromatic carbocycles. The molecule has 2 rings (SSSR count). The second-order valence-corrected chi connectivity index (χ2v) is 6.28. The molecule has 4 nitrogen and oxygen atoms in total. The Kier molecular flexibility index (Phi) is 2.65. The number of hydrogen-bond donors (Lipinski definition) is 1. The Morgan fingerprint density at radius 1 is 1.22 bits per heavy atom. The molecule has 1 fully saturated rings. The average Bonchev–Trinajstić information content (AvgIpc) is 2.60. The van der Waals surface area contributed by atoms with Crippen LogP contribution in [0.4, 0.5) is 11.4 Å². The summed E-state index contributed by atoms with van der Waals surface area (Å²) in [6, 6.07) is 5.61. The van der Waals surface area contributed by atoms with E-state index in [1.165, 1.54) is 0 Å². The van der Waals surface area contributed by atoms with Gasteiger partial charge in [-0.25, -0.2) is 0 Å². The van der Waals surface area contributed by atoms with Crippen LogP contribution < -0.4 is 5.32 Å². The topological polar surface area (TPSA) is 55.2 Å². The summed E-state index contributed by atoms with van der Waals surface area (Å²) < 4.78 is 0. The van der Waals surface area contributed by atoms with Crippen molar-refractivity contribution in [1.29, 1.82) is 0 Å². The first-order valence-corrected chi connectivity index (χ1v) is 6.19. The van der Waals surface area contributed by atoms with Crippen molar-refractivity contribution in [2.24, 2.45) is 10.8 Å². The van der Waals surface area contributed by atoms with Crippen LogP contribution in [0.1, 0.15) is 33.3 Å². The molecule has 0 aromatic heterocycles. The molecule has 0 unspecified atom stereocenters. The van der Waals surface area contributed by atoms with Crippen molar-refractivity contribution in [2.75, 3.05) is 5.32 Å². The second kappa shape index (κ2) is 3.70. The molecule has 1 N–H and O–H groups in total. The van der Waals surface area contributed by atoms with E-state index in [-0.39, 0.29) is 21.4 Å². The lowest BCUT2D eigenvalue weighted by Crippen LogP contribution is -2.10. The van der Waals surface area contributed by atoms with Gasteiger partial charge in [-0.15, -0.1) is 0 Å². The molecule has 1 aliphatic rings. The summed E-state index contributed by atoms with van der Waals surface area (Å²) in [6.45, 7) is 10.7. The van der Waals surface area contributed by atoms with Crippen molar-refractivity contribution in [1.82, 2.24) is 0 Å². The summed E-state index contributed by atoms with van der Waals surface area (Å²) >= 11 is 0. The van der Waals surface area contributed by atoms with Gasteiger partial charge in [-0.3, -0.25) is 10.1 Å². The van der Waals surface area contributed by atoms with Gasteiger partial charge < -0.3 is 5.32 Å². The molecule has 0 amide bonds. The van der Waals surface area contributed by atoms with Crippen LogP contribution in [0.3, 0.4) is 0 Å². The van der Waals surface area contributed by atoms with Crippen LogP contribution in [0.5, 0.6) is 0 Å². The first-order valence-electron chi connectivity index (χ1n) is 6.19. The lowest BCUT2D eigenvalue weighted by Gasteiger charge is -2.09. The highest BCUT2D eigenvalue weighted by Gasteiger charge is 2.64. The maximum Gasteiger partial charge on any atom is 0.272 e. The van der Waals surface area contributed by atoms with Gasteiger partial charge in [0, 0.05) is 23.4 Å². The van der Waals surface area contributed by atoms with E-state index in [1.807, 2.05) is 6.07 Å². The van der Waals surface area contributed by atoms with Crippen molar-refractivity contribution in [2.45, 2.75) is 40.7 Å². The highest BCUT2D eigenvalue weighted by atomic mass is 16.6. The van der Waals surface area contributed by atoms with Crippen molar-refractivity contribution in [3.05, 3.63) is 33.9 Å². The van der Waals surface area contributed by atoms with Crippen LogP contribution in [-0.4, -0.2) is 11.0 Å². The van der Waals surface area contributed by atoms with Gasteiger partial charge in [-0.05, 0) is 29.9 Å². The fourth-order valence-electron chi connectivity index (χ4n) is 2.67. The molecular formula is C14H20N2O2. The summed E-state index contributed by atoms with van der Waals surface area (Å²) in [5.41, 5.74) is 2.34. The van der Waals surface area contributed by atoms with E-state index in [4.69, 9.17) is 0 Å². The predicted octanol–water partition coefficient (Wildman–Crippen LogP) is 3.75. The van der Waals surface area contributed by atoms with Crippen LogP contribution in [-0.2, 0) is 0 Å². The molecule has 1 aliphatic carbocycles. The van der Waals surface area contributed by atoms with Gasteiger partial charge in [0.1, 0.15) is 0 Å². The maximum absolute atomic E-state index is 10.8. The molecule has 0 saturated heterocycles. The molecule has 0 aliphatic heterocycles. The smallest absolute Gasteiger partial charge is 0.272 e. The molecular weight excluding hydrogens is 228 g/mol. The fraction of sp³-hybridized carbons (Fsp3) is 0.571. The zero-order valence-corrected chi connectivity index (χ0v) is 11.6. The van der Waals surface area contributed by atoms with Gasteiger partial charge in [-0.2, -0.15) is 0 Å². The zero-order chi connectivity index (χ0) is 13.7. The molecule has 1 aromatic rings. The Bertz CT molecular complexity index is 493. The molecule has 98 valence electrons. The Balaban J connectivity index is 2.18. The van der Waals surface area contributed by atoms with E-state index in [0.29, 0.717) is 11.6 Å². The number of nitro benzene ring substituents is 1. The summed E-state index contributed by atoms with van der Waals surface area (Å²) in [5.74, 6) is 0. The van der Waals surface area contributed by atoms with Gasteiger partial charge in [0.25, 0.3) is 5.69 Å². The highest BCUT2D eigenvalue weighted by Crippen LogP contribution is 2.63. The average molecular weight is 248 g/mol. The molecule has 0 atom stereocenters. The van der Waals surface area contributed by atoms with Crippen molar-refractivity contribution in [3.8, 4) is 0 Å². The molecule has 0 bridgehead atoms. The minimum Gasteiger partial charge on any atom is -0.381 e. The summed E-state index contributed by atoms with van der Waals surface area (Å²) in [5, 5.41) is 14.2. The van der Waals surface area contributed by atoms with Crippen molar-refractivity contribution >= 4 is 11.4 Å². The van der Waals surface area contributed by atoms with Gasteiger partial charge in [0.2, 0.25) is 0 Å². The number of anilines is 1. The Morgan fingerprint density at radius 3 is 2.17 bits per heavy atom. The highest BCUT2D eigenvalue weighted by molar-refractivity contribution is 5.55. The van der Waals surface area contributed by atoms with E-state index in [2.05, 4.69) is 33.0 Å². The lowest BCUT2D eigenvalue weighted by atomic mass is 10.0. The van der Waals surface area contributed by atoms with Gasteiger partial charge >= 0.3 is 0 Å². The molecule has 0 heterocycles. The minimum atomic E-state index is -0.343. The number of hydrogen-bond acceptors (Lipinski definition) is 3. The largest absolute Gasteiger partial charge is 0.381 e. The first kappa shape index (κ1) is 12.9. The minimum absolute atomic E-state index is 0.176. The zero-order valence-electron chi connectivity index (χ0n) is 11.6. The van der Waals surface area contributed by atoms with Crippen LogP contribution >= 0.6 is 0 Å². The van der Waals surface area contributed by atoms with Gasteiger partial charge in [-0.1, -0.05) is 27.7 Å². The second-order valence-electron chi connectivity index (χ2n) is 6.28. The molecule has 0 spiro atoms. The summed E-state index contributed by atoms with van der Waals surface area (Å²) in [7, 11) is 0. The third-order valence-electron chi connectivity index (χ3n) is 4.73.